The predicted molar refractivity (Wildman–Crippen MR) is 75.9 cm³/mol. The maximum absolute atomic E-state index is 5.28. The van der Waals surface area contributed by atoms with Crippen LogP contribution in [0.4, 0.5) is 0 Å². The van der Waals surface area contributed by atoms with E-state index >= 15 is 0 Å². The Kier molecular flexibility index (Phi) is 5.46. The minimum Gasteiger partial charge on any atom is -0.383 e. The van der Waals surface area contributed by atoms with Gasteiger partial charge in [-0.3, -0.25) is 4.90 Å². The highest BCUT2D eigenvalue weighted by Crippen LogP contribution is 2.33. The lowest BCUT2D eigenvalue weighted by atomic mass is 9.85. The third kappa shape index (κ3) is 3.46. The van der Waals surface area contributed by atoms with E-state index in [2.05, 4.69) is 24.1 Å². The predicted octanol–water partition coefficient (Wildman–Crippen LogP) is 2.26. The van der Waals surface area contributed by atoms with Crippen LogP contribution in [0.5, 0.6) is 0 Å². The molecule has 1 aliphatic heterocycles. The molecule has 3 nitrogen and oxygen atoms in total. The summed E-state index contributed by atoms with van der Waals surface area (Å²) >= 11 is 0. The molecule has 4 unspecified atom stereocenters. The molecule has 0 bridgehead atoms. The van der Waals surface area contributed by atoms with Gasteiger partial charge in [0, 0.05) is 31.8 Å². The van der Waals surface area contributed by atoms with Crippen LogP contribution in [0.1, 0.15) is 46.0 Å². The van der Waals surface area contributed by atoms with E-state index in [1.807, 2.05) is 0 Å². The monoisotopic (exact) mass is 254 g/mol. The van der Waals surface area contributed by atoms with Gasteiger partial charge in [-0.05, 0) is 38.6 Å². The Labute approximate surface area is 112 Å². The van der Waals surface area contributed by atoms with Gasteiger partial charge in [0.05, 0.1) is 6.61 Å². The van der Waals surface area contributed by atoms with E-state index in [1.165, 1.54) is 38.6 Å². The van der Waals surface area contributed by atoms with Crippen LogP contribution in [0, 0.1) is 5.92 Å². The average Bonchev–Trinajstić information content (AvgIpc) is 2.78. The zero-order valence-corrected chi connectivity index (χ0v) is 12.3. The maximum atomic E-state index is 5.28. The van der Waals surface area contributed by atoms with Gasteiger partial charge in [-0.1, -0.05) is 19.8 Å². The molecule has 0 aromatic rings. The first-order chi connectivity index (χ1) is 8.74. The first-order valence-electron chi connectivity index (χ1n) is 7.73. The van der Waals surface area contributed by atoms with E-state index < -0.39 is 0 Å². The number of nitrogens with one attached hydrogen (secondary N) is 1. The normalized spacial score (nSPS) is 33.7. The van der Waals surface area contributed by atoms with Gasteiger partial charge in [-0.25, -0.2) is 0 Å². The minimum atomic E-state index is 0.532. The first kappa shape index (κ1) is 14.3. The van der Waals surface area contributed by atoms with Crippen molar-refractivity contribution >= 4 is 0 Å². The summed E-state index contributed by atoms with van der Waals surface area (Å²) in [5.74, 6) is 0.959. The summed E-state index contributed by atoms with van der Waals surface area (Å²) in [5, 5.41) is 3.87. The molecule has 2 fully saturated rings. The minimum absolute atomic E-state index is 0.532. The average molecular weight is 254 g/mol. The summed E-state index contributed by atoms with van der Waals surface area (Å²) in [6.45, 7) is 7.68. The number of nitrogens with zero attached hydrogens (tertiary/aromatic N) is 1. The van der Waals surface area contributed by atoms with Crippen LogP contribution >= 0.6 is 0 Å². The maximum Gasteiger partial charge on any atom is 0.0615 e. The number of rotatable bonds is 6. The van der Waals surface area contributed by atoms with E-state index in [0.717, 1.165) is 25.1 Å². The quantitative estimate of drug-likeness (QED) is 0.787. The van der Waals surface area contributed by atoms with Crippen molar-refractivity contribution in [3.63, 3.8) is 0 Å². The van der Waals surface area contributed by atoms with Gasteiger partial charge in [-0.15, -0.1) is 0 Å². The number of hydrogen-bond donors (Lipinski definition) is 1. The number of ether oxygens (including phenoxy) is 1. The molecule has 0 radical (unpaired) electrons. The molecule has 2 rings (SSSR count). The van der Waals surface area contributed by atoms with E-state index in [0.29, 0.717) is 12.1 Å². The first-order valence-corrected chi connectivity index (χ1v) is 7.73. The second-order valence-corrected chi connectivity index (χ2v) is 6.14. The van der Waals surface area contributed by atoms with Crippen molar-refractivity contribution in [2.45, 2.75) is 64.1 Å². The molecule has 106 valence electrons. The van der Waals surface area contributed by atoms with Crippen LogP contribution < -0.4 is 5.32 Å². The summed E-state index contributed by atoms with van der Waals surface area (Å²) < 4.78 is 5.28. The molecule has 2 aliphatic rings. The lowest BCUT2D eigenvalue weighted by Crippen LogP contribution is -2.45. The van der Waals surface area contributed by atoms with Gasteiger partial charge in [0.25, 0.3) is 0 Å². The van der Waals surface area contributed by atoms with Crippen molar-refractivity contribution in [1.82, 2.24) is 10.2 Å². The Morgan fingerprint density at radius 1 is 1.33 bits per heavy atom. The smallest absolute Gasteiger partial charge is 0.0615 e. The van der Waals surface area contributed by atoms with Crippen LogP contribution in [0.3, 0.4) is 0 Å². The highest BCUT2D eigenvalue weighted by Gasteiger charge is 2.35. The Morgan fingerprint density at radius 3 is 2.78 bits per heavy atom. The number of hydrogen-bond acceptors (Lipinski definition) is 3. The molecule has 1 heterocycles. The van der Waals surface area contributed by atoms with E-state index in [-0.39, 0.29) is 0 Å². The van der Waals surface area contributed by atoms with Crippen LogP contribution in [-0.2, 0) is 4.74 Å². The molecule has 0 aromatic carbocycles. The van der Waals surface area contributed by atoms with Crippen LogP contribution in [0.25, 0.3) is 0 Å². The molecule has 18 heavy (non-hydrogen) atoms. The van der Waals surface area contributed by atoms with Crippen LogP contribution in [-0.4, -0.2) is 49.8 Å². The molecular formula is C15H30N2O. The molecule has 0 amide bonds. The molecule has 4 atom stereocenters. The highest BCUT2D eigenvalue weighted by molar-refractivity contribution is 4.94. The lowest BCUT2D eigenvalue weighted by molar-refractivity contribution is 0.0967. The largest absolute Gasteiger partial charge is 0.383 e. The van der Waals surface area contributed by atoms with Crippen molar-refractivity contribution in [1.29, 1.82) is 0 Å². The third-order valence-electron chi connectivity index (χ3n) is 4.84. The summed E-state index contributed by atoms with van der Waals surface area (Å²) in [4.78, 5) is 2.55. The highest BCUT2D eigenvalue weighted by atomic mass is 16.5. The van der Waals surface area contributed by atoms with Crippen molar-refractivity contribution in [3.05, 3.63) is 0 Å². The molecule has 1 aliphatic carbocycles. The van der Waals surface area contributed by atoms with Crippen molar-refractivity contribution < 1.29 is 4.74 Å². The Bertz CT molecular complexity index is 233. The van der Waals surface area contributed by atoms with Gasteiger partial charge in [0.2, 0.25) is 0 Å². The summed E-state index contributed by atoms with van der Waals surface area (Å²) in [6, 6.07) is 2.06. The molecule has 0 aromatic heterocycles. The van der Waals surface area contributed by atoms with Gasteiger partial charge in [0.1, 0.15) is 0 Å². The number of methoxy groups -OCH3 is 1. The SMILES string of the molecule is CCN(CC1CC2CCCCC2N1)C(C)COC. The van der Waals surface area contributed by atoms with Crippen molar-refractivity contribution in [3.8, 4) is 0 Å². The zero-order valence-electron chi connectivity index (χ0n) is 12.3. The molecule has 1 saturated heterocycles. The third-order valence-corrected chi connectivity index (χ3v) is 4.84. The Morgan fingerprint density at radius 2 is 2.11 bits per heavy atom. The van der Waals surface area contributed by atoms with Crippen molar-refractivity contribution in [2.24, 2.45) is 5.92 Å². The molecule has 3 heteroatoms. The summed E-state index contributed by atoms with van der Waals surface area (Å²) in [5.41, 5.74) is 0. The molecule has 0 spiro atoms. The second-order valence-electron chi connectivity index (χ2n) is 6.14. The summed E-state index contributed by atoms with van der Waals surface area (Å²) in [7, 11) is 1.80. The molecular weight excluding hydrogens is 224 g/mol. The molecule has 1 saturated carbocycles. The van der Waals surface area contributed by atoms with E-state index in [4.69, 9.17) is 4.74 Å². The second kappa shape index (κ2) is 6.88. The van der Waals surface area contributed by atoms with E-state index in [1.54, 1.807) is 7.11 Å². The fourth-order valence-electron chi connectivity index (χ4n) is 3.82. The Hall–Kier alpha value is -0.120. The zero-order chi connectivity index (χ0) is 13.0. The van der Waals surface area contributed by atoms with Gasteiger partial charge < -0.3 is 10.1 Å². The van der Waals surface area contributed by atoms with E-state index in [9.17, 15) is 0 Å². The molecule has 1 N–H and O–H groups in total. The topological polar surface area (TPSA) is 24.5 Å². The standard InChI is InChI=1S/C15H30N2O/c1-4-17(12(2)11-18-3)10-14-9-13-7-5-6-8-15(13)16-14/h12-16H,4-11H2,1-3H3. The van der Waals surface area contributed by atoms with Crippen LogP contribution in [0.2, 0.25) is 0 Å². The van der Waals surface area contributed by atoms with Gasteiger partial charge in [0.15, 0.2) is 0 Å². The lowest BCUT2D eigenvalue weighted by Gasteiger charge is -2.30. The fraction of sp³-hybridized carbons (Fsp3) is 1.00. The fourth-order valence-corrected chi connectivity index (χ4v) is 3.82. The number of likely N-dealkylation sites (N-methyl/N-ethyl adjacent to an activating group) is 1. The Balaban J connectivity index is 1.81. The number of fused-ring (bicyclic) bond motifs is 1. The van der Waals surface area contributed by atoms with Gasteiger partial charge in [-0.2, -0.15) is 0 Å². The van der Waals surface area contributed by atoms with Crippen LogP contribution in [0.15, 0.2) is 0 Å². The summed E-state index contributed by atoms with van der Waals surface area (Å²) in [6.07, 6.45) is 7.13. The van der Waals surface area contributed by atoms with Crippen molar-refractivity contribution in [2.75, 3.05) is 26.8 Å². The van der Waals surface area contributed by atoms with Gasteiger partial charge >= 0.3 is 0 Å².